The zero-order valence-corrected chi connectivity index (χ0v) is 11.2. The number of likely N-dealkylation sites (N-methyl/N-ethyl adjacent to an activating group) is 1. The van der Waals surface area contributed by atoms with Crippen molar-refractivity contribution in [2.24, 2.45) is 0 Å². The van der Waals surface area contributed by atoms with Gasteiger partial charge in [0.25, 0.3) is 0 Å². The van der Waals surface area contributed by atoms with Crippen LogP contribution in [-0.2, 0) is 14.3 Å². The fourth-order valence-corrected chi connectivity index (χ4v) is 1.95. The standard InChI is InChI=1S/C12H23N3O3/c1-15(9-11(16)14-6-7-18-2)12(17)8-10-4-3-5-13-10/h10,13H,3-9H2,1-2H3,(H,14,16). The summed E-state index contributed by atoms with van der Waals surface area (Å²) in [5, 5.41) is 5.96. The molecular formula is C12H23N3O3. The minimum atomic E-state index is -0.151. The smallest absolute Gasteiger partial charge is 0.239 e. The average molecular weight is 257 g/mol. The zero-order valence-electron chi connectivity index (χ0n) is 11.2. The van der Waals surface area contributed by atoms with Crippen LogP contribution in [0.25, 0.3) is 0 Å². The van der Waals surface area contributed by atoms with Crippen LogP contribution < -0.4 is 10.6 Å². The minimum absolute atomic E-state index is 0.0105. The SMILES string of the molecule is COCCNC(=O)CN(C)C(=O)CC1CCCN1. The summed E-state index contributed by atoms with van der Waals surface area (Å²) in [5.74, 6) is -0.140. The first-order valence-electron chi connectivity index (χ1n) is 6.36. The van der Waals surface area contributed by atoms with E-state index in [4.69, 9.17) is 4.74 Å². The van der Waals surface area contributed by atoms with Crippen LogP contribution >= 0.6 is 0 Å². The molecule has 2 amide bonds. The van der Waals surface area contributed by atoms with Crippen LogP contribution in [0.1, 0.15) is 19.3 Å². The van der Waals surface area contributed by atoms with Crippen molar-refractivity contribution < 1.29 is 14.3 Å². The number of hydrogen-bond acceptors (Lipinski definition) is 4. The van der Waals surface area contributed by atoms with E-state index in [1.165, 1.54) is 4.90 Å². The van der Waals surface area contributed by atoms with E-state index in [1.807, 2.05) is 0 Å². The zero-order chi connectivity index (χ0) is 13.4. The Kier molecular flexibility index (Phi) is 6.67. The third-order valence-electron chi connectivity index (χ3n) is 3.02. The van der Waals surface area contributed by atoms with E-state index in [0.29, 0.717) is 19.6 Å². The Morgan fingerprint density at radius 3 is 2.89 bits per heavy atom. The van der Waals surface area contributed by atoms with Crippen molar-refractivity contribution in [1.29, 1.82) is 0 Å². The number of nitrogens with one attached hydrogen (secondary N) is 2. The molecule has 1 unspecified atom stereocenters. The lowest BCUT2D eigenvalue weighted by Crippen LogP contribution is -2.41. The summed E-state index contributed by atoms with van der Waals surface area (Å²) in [7, 11) is 3.24. The van der Waals surface area contributed by atoms with Gasteiger partial charge in [-0.3, -0.25) is 9.59 Å². The second-order valence-corrected chi connectivity index (χ2v) is 4.59. The molecule has 2 N–H and O–H groups in total. The summed E-state index contributed by atoms with van der Waals surface area (Å²) in [5.41, 5.74) is 0. The predicted molar refractivity (Wildman–Crippen MR) is 68.2 cm³/mol. The maximum Gasteiger partial charge on any atom is 0.239 e. The average Bonchev–Trinajstić information content (AvgIpc) is 2.82. The summed E-state index contributed by atoms with van der Waals surface area (Å²) in [6.07, 6.45) is 2.64. The molecule has 0 aromatic carbocycles. The highest BCUT2D eigenvalue weighted by Gasteiger charge is 2.20. The Morgan fingerprint density at radius 1 is 1.50 bits per heavy atom. The van der Waals surface area contributed by atoms with Gasteiger partial charge in [-0.05, 0) is 19.4 Å². The predicted octanol–water partition coefficient (Wildman–Crippen LogP) is -0.650. The fraction of sp³-hybridized carbons (Fsp3) is 0.833. The number of rotatable bonds is 7. The quantitative estimate of drug-likeness (QED) is 0.595. The van der Waals surface area contributed by atoms with Crippen LogP contribution in [-0.4, -0.2) is 63.2 Å². The normalized spacial score (nSPS) is 18.7. The van der Waals surface area contributed by atoms with Crippen LogP contribution in [0.3, 0.4) is 0 Å². The monoisotopic (exact) mass is 257 g/mol. The highest BCUT2D eigenvalue weighted by atomic mass is 16.5. The first kappa shape index (κ1) is 14.9. The Morgan fingerprint density at radius 2 is 2.28 bits per heavy atom. The molecule has 0 radical (unpaired) electrons. The molecular weight excluding hydrogens is 234 g/mol. The van der Waals surface area contributed by atoms with Gasteiger partial charge in [-0.25, -0.2) is 0 Å². The second kappa shape index (κ2) is 8.05. The Hall–Kier alpha value is -1.14. The molecule has 1 aliphatic rings. The molecule has 6 heteroatoms. The van der Waals surface area contributed by atoms with Gasteiger partial charge in [0.2, 0.25) is 11.8 Å². The van der Waals surface area contributed by atoms with Gasteiger partial charge in [0, 0.05) is 33.2 Å². The number of methoxy groups -OCH3 is 1. The molecule has 1 heterocycles. The molecule has 0 saturated carbocycles. The van der Waals surface area contributed by atoms with Crippen LogP contribution in [0.5, 0.6) is 0 Å². The van der Waals surface area contributed by atoms with Gasteiger partial charge in [0.05, 0.1) is 13.2 Å². The van der Waals surface area contributed by atoms with E-state index >= 15 is 0 Å². The number of amides is 2. The third kappa shape index (κ3) is 5.46. The number of carbonyl (C=O) groups excluding carboxylic acids is 2. The molecule has 0 aliphatic carbocycles. The maximum absolute atomic E-state index is 11.8. The van der Waals surface area contributed by atoms with E-state index in [0.717, 1.165) is 19.4 Å². The van der Waals surface area contributed by atoms with Crippen LogP contribution in [0, 0.1) is 0 Å². The van der Waals surface area contributed by atoms with Crippen LogP contribution in [0.2, 0.25) is 0 Å². The minimum Gasteiger partial charge on any atom is -0.383 e. The van der Waals surface area contributed by atoms with Gasteiger partial charge in [0.1, 0.15) is 0 Å². The van der Waals surface area contributed by atoms with Crippen molar-refractivity contribution >= 4 is 11.8 Å². The molecule has 0 aromatic rings. The molecule has 1 aliphatic heterocycles. The second-order valence-electron chi connectivity index (χ2n) is 4.59. The van der Waals surface area contributed by atoms with Gasteiger partial charge in [0.15, 0.2) is 0 Å². The van der Waals surface area contributed by atoms with Gasteiger partial charge in [-0.2, -0.15) is 0 Å². The third-order valence-corrected chi connectivity index (χ3v) is 3.02. The van der Waals surface area contributed by atoms with E-state index < -0.39 is 0 Å². The van der Waals surface area contributed by atoms with Gasteiger partial charge >= 0.3 is 0 Å². The highest BCUT2D eigenvalue weighted by Crippen LogP contribution is 2.09. The Bertz CT molecular complexity index is 278. The lowest BCUT2D eigenvalue weighted by molar-refractivity contribution is -0.135. The van der Waals surface area contributed by atoms with E-state index in [1.54, 1.807) is 14.2 Å². The lowest BCUT2D eigenvalue weighted by Gasteiger charge is -2.19. The topological polar surface area (TPSA) is 70.7 Å². The molecule has 6 nitrogen and oxygen atoms in total. The van der Waals surface area contributed by atoms with E-state index in [-0.39, 0.29) is 24.4 Å². The molecule has 104 valence electrons. The number of nitrogens with zero attached hydrogens (tertiary/aromatic N) is 1. The molecule has 18 heavy (non-hydrogen) atoms. The van der Waals surface area contributed by atoms with E-state index in [2.05, 4.69) is 10.6 Å². The number of hydrogen-bond donors (Lipinski definition) is 2. The highest BCUT2D eigenvalue weighted by molar-refractivity contribution is 5.84. The van der Waals surface area contributed by atoms with Gasteiger partial charge < -0.3 is 20.3 Å². The van der Waals surface area contributed by atoms with E-state index in [9.17, 15) is 9.59 Å². The van der Waals surface area contributed by atoms with Crippen molar-refractivity contribution in [2.75, 3.05) is 40.4 Å². The molecule has 1 saturated heterocycles. The van der Waals surface area contributed by atoms with Crippen molar-refractivity contribution in [3.8, 4) is 0 Å². The van der Waals surface area contributed by atoms with Crippen molar-refractivity contribution in [3.05, 3.63) is 0 Å². The molecule has 0 aromatic heterocycles. The van der Waals surface area contributed by atoms with Crippen molar-refractivity contribution in [2.45, 2.75) is 25.3 Å². The molecule has 0 spiro atoms. The molecule has 1 rings (SSSR count). The Balaban J connectivity index is 2.19. The molecule has 1 atom stereocenters. The van der Waals surface area contributed by atoms with Gasteiger partial charge in [-0.1, -0.05) is 0 Å². The summed E-state index contributed by atoms with van der Waals surface area (Å²) in [6.45, 7) is 2.05. The fourth-order valence-electron chi connectivity index (χ4n) is 1.95. The summed E-state index contributed by atoms with van der Waals surface area (Å²) >= 11 is 0. The van der Waals surface area contributed by atoms with Crippen molar-refractivity contribution in [1.82, 2.24) is 15.5 Å². The summed E-state index contributed by atoms with van der Waals surface area (Å²) in [4.78, 5) is 24.8. The first-order valence-corrected chi connectivity index (χ1v) is 6.36. The summed E-state index contributed by atoms with van der Waals surface area (Å²) < 4.78 is 4.83. The Labute approximate surface area is 108 Å². The first-order chi connectivity index (χ1) is 8.63. The number of carbonyl (C=O) groups is 2. The molecule has 0 bridgehead atoms. The summed E-state index contributed by atoms with van der Waals surface area (Å²) in [6, 6.07) is 0.275. The maximum atomic E-state index is 11.8. The van der Waals surface area contributed by atoms with Crippen molar-refractivity contribution in [3.63, 3.8) is 0 Å². The van der Waals surface area contributed by atoms with Crippen LogP contribution in [0.15, 0.2) is 0 Å². The van der Waals surface area contributed by atoms with Crippen LogP contribution in [0.4, 0.5) is 0 Å². The number of ether oxygens (including phenoxy) is 1. The lowest BCUT2D eigenvalue weighted by atomic mass is 10.1. The van der Waals surface area contributed by atoms with Gasteiger partial charge in [-0.15, -0.1) is 0 Å². The largest absolute Gasteiger partial charge is 0.383 e. The molecule has 1 fully saturated rings.